The van der Waals surface area contributed by atoms with E-state index in [1.165, 1.54) is 24.4 Å². The van der Waals surface area contributed by atoms with E-state index in [1.54, 1.807) is 30.3 Å². The van der Waals surface area contributed by atoms with Crippen LogP contribution in [0.5, 0.6) is 5.75 Å². The maximum Gasteiger partial charge on any atom is 0.295 e. The number of sulfone groups is 1. The van der Waals surface area contributed by atoms with Crippen LogP contribution >= 0.6 is 0 Å². The lowest BCUT2D eigenvalue weighted by molar-refractivity contribution is 0.479. The highest BCUT2D eigenvalue weighted by molar-refractivity contribution is 7.90. The first-order chi connectivity index (χ1) is 14.5. The first kappa shape index (κ1) is 20.8. The number of azo groups is 1. The van der Waals surface area contributed by atoms with Crippen molar-refractivity contribution in [1.82, 2.24) is 4.98 Å². The zero-order valence-corrected chi connectivity index (χ0v) is 17.6. The molecule has 0 spiro atoms. The fourth-order valence-corrected chi connectivity index (χ4v) is 4.45. The molecule has 0 unspecified atom stereocenters. The highest BCUT2D eigenvalue weighted by Gasteiger charge is 2.20. The number of phenols is 1. The zero-order chi connectivity index (χ0) is 22.4. The van der Waals surface area contributed by atoms with Crippen LogP contribution in [0.25, 0.3) is 21.7 Å². The number of phenolic OH excluding ortho intramolecular Hbond substituents is 1. The molecule has 0 fully saturated rings. The molecule has 0 saturated carbocycles. The Morgan fingerprint density at radius 2 is 1.61 bits per heavy atom. The second-order valence-corrected chi connectivity index (χ2v) is 10.2. The molecule has 1 heterocycles. The van der Waals surface area contributed by atoms with Gasteiger partial charge in [0.15, 0.2) is 15.6 Å². The predicted molar refractivity (Wildman–Crippen MR) is 114 cm³/mol. The normalized spacial score (nSPS) is 12.7. The lowest BCUT2D eigenvalue weighted by Gasteiger charge is -2.07. The van der Waals surface area contributed by atoms with Gasteiger partial charge >= 0.3 is 0 Å². The number of benzene rings is 3. The number of pyridine rings is 1. The Morgan fingerprint density at radius 3 is 2.32 bits per heavy atom. The van der Waals surface area contributed by atoms with E-state index in [1.807, 2.05) is 0 Å². The van der Waals surface area contributed by atoms with E-state index in [2.05, 4.69) is 15.2 Å². The Morgan fingerprint density at radius 1 is 0.903 bits per heavy atom. The van der Waals surface area contributed by atoms with Crippen molar-refractivity contribution in [3.05, 3.63) is 60.8 Å². The van der Waals surface area contributed by atoms with Gasteiger partial charge in [-0.1, -0.05) is 12.1 Å². The second-order valence-electron chi connectivity index (χ2n) is 6.78. The average Bonchev–Trinajstić information content (AvgIpc) is 2.71. The maximum absolute atomic E-state index is 11.8. The van der Waals surface area contributed by atoms with E-state index in [9.17, 15) is 26.5 Å². The monoisotopic (exact) mass is 457 g/mol. The summed E-state index contributed by atoms with van der Waals surface area (Å²) in [6.07, 6.45) is 2.49. The summed E-state index contributed by atoms with van der Waals surface area (Å²) in [5.41, 5.74) is 0.151. The molecule has 4 rings (SSSR count). The first-order valence-corrected chi connectivity index (χ1v) is 12.1. The van der Waals surface area contributed by atoms with Crippen molar-refractivity contribution in [2.75, 3.05) is 6.26 Å². The number of aromatic nitrogens is 1. The van der Waals surface area contributed by atoms with Crippen LogP contribution in [-0.2, 0) is 20.0 Å². The average molecular weight is 457 g/mol. The molecule has 1 aromatic heterocycles. The summed E-state index contributed by atoms with van der Waals surface area (Å²) in [6.45, 7) is 0. The topological polar surface area (TPSA) is 146 Å². The molecular weight excluding hydrogens is 442 g/mol. The highest BCUT2D eigenvalue weighted by Crippen LogP contribution is 2.38. The van der Waals surface area contributed by atoms with Gasteiger partial charge in [-0.25, -0.2) is 8.42 Å². The van der Waals surface area contributed by atoms with E-state index >= 15 is 0 Å². The van der Waals surface area contributed by atoms with Crippen LogP contribution in [0, 0.1) is 0 Å². The molecule has 3 aromatic carbocycles. The molecule has 0 atom stereocenters. The molecule has 11 heteroatoms. The van der Waals surface area contributed by atoms with Crippen molar-refractivity contribution in [3.63, 3.8) is 0 Å². The zero-order valence-electron chi connectivity index (χ0n) is 16.0. The summed E-state index contributed by atoms with van der Waals surface area (Å²) >= 11 is 0. The van der Waals surface area contributed by atoms with Crippen molar-refractivity contribution >= 4 is 53.0 Å². The minimum Gasteiger partial charge on any atom is -0.504 e. The molecular formula is C20H15N3O6S2. The predicted octanol–water partition coefficient (Wildman–Crippen LogP) is 4.16. The number of fused-ring (bicyclic) bond motifs is 2. The van der Waals surface area contributed by atoms with Crippen molar-refractivity contribution < 1.29 is 26.5 Å². The number of aromatic hydroxyl groups is 1. The SMILES string of the molecule is CS(=O)(=O)c1ccc2cc(N=Nc3cc(S(=O)(=O)O)c4cccnc4c3O)ccc2c1. The fraction of sp³-hybridized carbons (Fsp3) is 0.0500. The van der Waals surface area contributed by atoms with Gasteiger partial charge in [0.05, 0.1) is 10.6 Å². The van der Waals surface area contributed by atoms with Gasteiger partial charge in [0.2, 0.25) is 0 Å². The Labute approximate surface area is 177 Å². The van der Waals surface area contributed by atoms with Crippen LogP contribution in [0.2, 0.25) is 0 Å². The van der Waals surface area contributed by atoms with Crippen LogP contribution in [0.4, 0.5) is 11.4 Å². The molecule has 0 saturated heterocycles. The Bertz CT molecular complexity index is 1600. The number of hydrogen-bond acceptors (Lipinski definition) is 8. The van der Waals surface area contributed by atoms with Crippen molar-refractivity contribution in [1.29, 1.82) is 0 Å². The summed E-state index contributed by atoms with van der Waals surface area (Å²) in [5.74, 6) is -0.384. The third-order valence-electron chi connectivity index (χ3n) is 4.58. The van der Waals surface area contributed by atoms with Crippen molar-refractivity contribution in [2.45, 2.75) is 9.79 Å². The Balaban J connectivity index is 1.79. The fourth-order valence-electron chi connectivity index (χ4n) is 3.09. The molecule has 31 heavy (non-hydrogen) atoms. The van der Waals surface area contributed by atoms with E-state index in [-0.39, 0.29) is 27.2 Å². The summed E-state index contributed by atoms with van der Waals surface area (Å²) in [7, 11) is -7.93. The van der Waals surface area contributed by atoms with Crippen molar-refractivity contribution in [3.8, 4) is 5.75 Å². The van der Waals surface area contributed by atoms with Crippen LogP contribution < -0.4 is 0 Å². The second kappa shape index (κ2) is 7.38. The maximum atomic E-state index is 11.8. The molecule has 158 valence electrons. The highest BCUT2D eigenvalue weighted by atomic mass is 32.2. The first-order valence-electron chi connectivity index (χ1n) is 8.78. The van der Waals surface area contributed by atoms with Gasteiger partial charge < -0.3 is 5.11 Å². The third-order valence-corrected chi connectivity index (χ3v) is 6.59. The molecule has 0 amide bonds. The lowest BCUT2D eigenvalue weighted by Crippen LogP contribution is -1.99. The molecule has 0 radical (unpaired) electrons. The van der Waals surface area contributed by atoms with E-state index in [0.717, 1.165) is 12.3 Å². The molecule has 0 bridgehead atoms. The lowest BCUT2D eigenvalue weighted by atomic mass is 10.1. The molecule has 2 N–H and O–H groups in total. The van der Waals surface area contributed by atoms with E-state index in [0.29, 0.717) is 16.5 Å². The van der Waals surface area contributed by atoms with E-state index in [4.69, 9.17) is 0 Å². The molecule has 4 aromatic rings. The van der Waals surface area contributed by atoms with Gasteiger partial charge in [-0.15, -0.1) is 5.11 Å². The minimum absolute atomic E-state index is 0.0432. The standard InChI is InChI=1S/C20H15N3O6S2/c1-30(25,26)15-7-5-12-9-14(6-4-13(12)10-15)22-23-17-11-18(31(27,28)29)16-3-2-8-21-19(16)20(17)24/h2-11,24H,1H3,(H,27,28,29). The Hall–Kier alpha value is -3.41. The number of rotatable bonds is 4. The molecule has 0 aliphatic carbocycles. The van der Waals surface area contributed by atoms with E-state index < -0.39 is 24.9 Å². The molecule has 9 nitrogen and oxygen atoms in total. The van der Waals surface area contributed by atoms with Gasteiger partial charge in [-0.05, 0) is 53.2 Å². The van der Waals surface area contributed by atoms with Gasteiger partial charge in [0.25, 0.3) is 10.1 Å². The third kappa shape index (κ3) is 4.10. The van der Waals surface area contributed by atoms with Crippen LogP contribution in [-0.4, -0.2) is 37.7 Å². The van der Waals surface area contributed by atoms with Crippen molar-refractivity contribution in [2.24, 2.45) is 10.2 Å². The van der Waals surface area contributed by atoms with Crippen LogP contribution in [0.1, 0.15) is 0 Å². The van der Waals surface area contributed by atoms with Crippen LogP contribution in [0.3, 0.4) is 0 Å². The number of hydrogen-bond donors (Lipinski definition) is 2. The van der Waals surface area contributed by atoms with Gasteiger partial charge in [0.1, 0.15) is 16.1 Å². The van der Waals surface area contributed by atoms with Crippen LogP contribution in [0.15, 0.2) is 80.8 Å². The summed E-state index contributed by atoms with van der Waals surface area (Å²) < 4.78 is 56.5. The molecule has 0 aliphatic heterocycles. The summed E-state index contributed by atoms with van der Waals surface area (Å²) in [5, 5.41) is 19.9. The summed E-state index contributed by atoms with van der Waals surface area (Å²) in [4.78, 5) is 3.71. The quantitative estimate of drug-likeness (QED) is 0.345. The largest absolute Gasteiger partial charge is 0.504 e. The van der Waals surface area contributed by atoms with Gasteiger partial charge in [-0.3, -0.25) is 9.54 Å². The summed E-state index contributed by atoms with van der Waals surface area (Å²) in [6, 6.07) is 13.5. The smallest absolute Gasteiger partial charge is 0.295 e. The molecule has 0 aliphatic rings. The van der Waals surface area contributed by atoms with Gasteiger partial charge in [0, 0.05) is 17.8 Å². The Kier molecular flexibility index (Phi) is 4.96. The minimum atomic E-state index is -4.60. The number of nitrogens with zero attached hydrogens (tertiary/aromatic N) is 3. The van der Waals surface area contributed by atoms with Gasteiger partial charge in [-0.2, -0.15) is 13.5 Å².